The molecule has 1 aromatic rings. The van der Waals surface area contributed by atoms with Crippen LogP contribution < -0.4 is 5.32 Å². The fraction of sp³-hybridized carbons (Fsp3) is 0.714. The van der Waals surface area contributed by atoms with Gasteiger partial charge >= 0.3 is 0 Å². The first kappa shape index (κ1) is 18.5. The molecule has 0 aliphatic carbocycles. The Morgan fingerprint density at radius 3 is 2.52 bits per heavy atom. The van der Waals surface area contributed by atoms with E-state index < -0.39 is 0 Å². The second-order valence-electron chi connectivity index (χ2n) is 8.38. The summed E-state index contributed by atoms with van der Waals surface area (Å²) in [5, 5.41) is 3.65. The van der Waals surface area contributed by atoms with E-state index in [0.29, 0.717) is 5.41 Å². The second kappa shape index (κ2) is 8.30. The number of ether oxygens (including phenoxy) is 1. The van der Waals surface area contributed by atoms with E-state index in [4.69, 9.17) is 4.74 Å². The molecule has 1 atom stereocenters. The number of hydrogen-bond acceptors (Lipinski definition) is 2. The van der Waals surface area contributed by atoms with Gasteiger partial charge in [-0.3, -0.25) is 0 Å². The van der Waals surface area contributed by atoms with Gasteiger partial charge in [-0.15, -0.1) is 0 Å². The second-order valence-corrected chi connectivity index (χ2v) is 8.38. The summed E-state index contributed by atoms with van der Waals surface area (Å²) in [6, 6.07) is 10.7. The van der Waals surface area contributed by atoms with Gasteiger partial charge in [0.15, 0.2) is 0 Å². The van der Waals surface area contributed by atoms with Gasteiger partial charge in [-0.2, -0.15) is 0 Å². The zero-order valence-corrected chi connectivity index (χ0v) is 15.5. The van der Waals surface area contributed by atoms with E-state index in [2.05, 4.69) is 63.3 Å². The number of rotatable bonds is 8. The fourth-order valence-corrected chi connectivity index (χ4v) is 3.92. The standard InChI is InChI=1S/C21H35NO/c1-18(2)10-11-21(13-15-23-20(3,4)17-21)12-14-22-16-19-8-6-5-7-9-19/h5-9,18,22H,10-17H2,1-4H3/t21-/m0/s1. The molecular formula is C21H35NO. The molecule has 0 amide bonds. The van der Waals surface area contributed by atoms with Gasteiger partial charge in [0.2, 0.25) is 0 Å². The summed E-state index contributed by atoms with van der Waals surface area (Å²) in [4.78, 5) is 0. The minimum Gasteiger partial charge on any atom is -0.376 e. The van der Waals surface area contributed by atoms with Gasteiger partial charge in [-0.05, 0) is 63.0 Å². The lowest BCUT2D eigenvalue weighted by Gasteiger charge is -2.45. The van der Waals surface area contributed by atoms with Crippen LogP contribution in [0.3, 0.4) is 0 Å². The topological polar surface area (TPSA) is 21.3 Å². The highest BCUT2D eigenvalue weighted by Crippen LogP contribution is 2.45. The normalized spacial score (nSPS) is 24.0. The van der Waals surface area contributed by atoms with Crippen LogP contribution in [0.5, 0.6) is 0 Å². The summed E-state index contributed by atoms with van der Waals surface area (Å²) in [6.07, 6.45) is 6.34. The lowest BCUT2D eigenvalue weighted by Crippen LogP contribution is -2.42. The first-order valence-corrected chi connectivity index (χ1v) is 9.29. The Labute approximate surface area is 143 Å². The third kappa shape index (κ3) is 6.27. The molecule has 2 rings (SSSR count). The first-order chi connectivity index (χ1) is 10.9. The van der Waals surface area contributed by atoms with Crippen molar-refractivity contribution >= 4 is 0 Å². The summed E-state index contributed by atoms with van der Waals surface area (Å²) >= 11 is 0. The number of benzene rings is 1. The van der Waals surface area contributed by atoms with E-state index in [-0.39, 0.29) is 5.60 Å². The molecular weight excluding hydrogens is 282 g/mol. The number of nitrogens with one attached hydrogen (secondary N) is 1. The Morgan fingerprint density at radius 1 is 1.13 bits per heavy atom. The average molecular weight is 318 g/mol. The Bertz CT molecular complexity index is 454. The van der Waals surface area contributed by atoms with Gasteiger partial charge < -0.3 is 10.1 Å². The van der Waals surface area contributed by atoms with Gasteiger partial charge in [0.25, 0.3) is 0 Å². The molecule has 23 heavy (non-hydrogen) atoms. The molecule has 2 nitrogen and oxygen atoms in total. The van der Waals surface area contributed by atoms with Crippen molar-refractivity contribution in [3.8, 4) is 0 Å². The number of hydrogen-bond donors (Lipinski definition) is 1. The largest absolute Gasteiger partial charge is 0.376 e. The van der Waals surface area contributed by atoms with Crippen LogP contribution in [0.15, 0.2) is 30.3 Å². The molecule has 0 radical (unpaired) electrons. The summed E-state index contributed by atoms with van der Waals surface area (Å²) < 4.78 is 5.98. The van der Waals surface area contributed by atoms with E-state index in [0.717, 1.165) is 25.6 Å². The van der Waals surface area contributed by atoms with E-state index in [1.54, 1.807) is 0 Å². The predicted molar refractivity (Wildman–Crippen MR) is 98.5 cm³/mol. The van der Waals surface area contributed by atoms with Crippen LogP contribution in [0.2, 0.25) is 0 Å². The Morgan fingerprint density at radius 2 is 1.87 bits per heavy atom. The van der Waals surface area contributed by atoms with Crippen LogP contribution in [0, 0.1) is 11.3 Å². The Hall–Kier alpha value is -0.860. The summed E-state index contributed by atoms with van der Waals surface area (Å²) in [5.41, 5.74) is 1.86. The lowest BCUT2D eigenvalue weighted by atomic mass is 9.68. The van der Waals surface area contributed by atoms with Crippen molar-refractivity contribution in [1.29, 1.82) is 0 Å². The van der Waals surface area contributed by atoms with Crippen molar-refractivity contribution in [3.05, 3.63) is 35.9 Å². The zero-order valence-electron chi connectivity index (χ0n) is 15.5. The maximum atomic E-state index is 5.98. The van der Waals surface area contributed by atoms with Crippen LogP contribution in [-0.4, -0.2) is 18.8 Å². The van der Waals surface area contributed by atoms with E-state index in [9.17, 15) is 0 Å². The summed E-state index contributed by atoms with van der Waals surface area (Å²) in [7, 11) is 0. The highest BCUT2D eigenvalue weighted by Gasteiger charge is 2.40. The van der Waals surface area contributed by atoms with Crippen molar-refractivity contribution in [2.24, 2.45) is 11.3 Å². The zero-order chi connectivity index (χ0) is 16.8. The molecule has 1 heterocycles. The highest BCUT2D eigenvalue weighted by atomic mass is 16.5. The molecule has 1 aliphatic heterocycles. The lowest BCUT2D eigenvalue weighted by molar-refractivity contribution is -0.110. The highest BCUT2D eigenvalue weighted by molar-refractivity contribution is 5.14. The quantitative estimate of drug-likeness (QED) is 0.667. The Balaban J connectivity index is 1.87. The summed E-state index contributed by atoms with van der Waals surface area (Å²) in [5.74, 6) is 0.787. The third-order valence-corrected chi connectivity index (χ3v) is 5.18. The van der Waals surface area contributed by atoms with Crippen LogP contribution in [-0.2, 0) is 11.3 Å². The van der Waals surface area contributed by atoms with Crippen molar-refractivity contribution in [3.63, 3.8) is 0 Å². The minimum atomic E-state index is 0.0364. The maximum Gasteiger partial charge on any atom is 0.0631 e. The molecule has 1 aliphatic rings. The van der Waals surface area contributed by atoms with Crippen LogP contribution >= 0.6 is 0 Å². The SMILES string of the molecule is CC(C)CC[C@]1(CCNCc2ccccc2)CCOC(C)(C)C1. The van der Waals surface area contributed by atoms with Crippen molar-refractivity contribution < 1.29 is 4.74 Å². The molecule has 1 aromatic carbocycles. The van der Waals surface area contributed by atoms with E-state index in [1.165, 1.54) is 37.7 Å². The molecule has 0 unspecified atom stereocenters. The molecule has 0 spiro atoms. The van der Waals surface area contributed by atoms with E-state index >= 15 is 0 Å². The molecule has 130 valence electrons. The predicted octanol–water partition coefficient (Wildman–Crippen LogP) is 5.18. The van der Waals surface area contributed by atoms with Crippen molar-refractivity contribution in [2.75, 3.05) is 13.2 Å². The van der Waals surface area contributed by atoms with Gasteiger partial charge in [0.1, 0.15) is 0 Å². The van der Waals surface area contributed by atoms with Crippen LogP contribution in [0.4, 0.5) is 0 Å². The fourth-order valence-electron chi connectivity index (χ4n) is 3.92. The molecule has 1 fully saturated rings. The molecule has 1 saturated heterocycles. The van der Waals surface area contributed by atoms with Crippen molar-refractivity contribution in [2.45, 2.75) is 71.9 Å². The van der Waals surface area contributed by atoms with Crippen molar-refractivity contribution in [1.82, 2.24) is 5.32 Å². The van der Waals surface area contributed by atoms with Gasteiger partial charge in [0.05, 0.1) is 5.60 Å². The molecule has 2 heteroatoms. The maximum absolute atomic E-state index is 5.98. The van der Waals surface area contributed by atoms with Crippen LogP contribution in [0.1, 0.15) is 65.4 Å². The van der Waals surface area contributed by atoms with Crippen LogP contribution in [0.25, 0.3) is 0 Å². The average Bonchev–Trinajstić information content (AvgIpc) is 2.50. The first-order valence-electron chi connectivity index (χ1n) is 9.29. The molecule has 0 bridgehead atoms. The van der Waals surface area contributed by atoms with Gasteiger partial charge in [-0.25, -0.2) is 0 Å². The molecule has 0 aromatic heterocycles. The molecule has 1 N–H and O–H groups in total. The molecule has 0 saturated carbocycles. The minimum absolute atomic E-state index is 0.0364. The third-order valence-electron chi connectivity index (χ3n) is 5.18. The smallest absolute Gasteiger partial charge is 0.0631 e. The summed E-state index contributed by atoms with van der Waals surface area (Å²) in [6.45, 7) is 12.2. The Kier molecular flexibility index (Phi) is 6.67. The van der Waals surface area contributed by atoms with Gasteiger partial charge in [0, 0.05) is 13.2 Å². The van der Waals surface area contributed by atoms with Gasteiger partial charge in [-0.1, -0.05) is 50.6 Å². The monoisotopic (exact) mass is 317 g/mol. The van der Waals surface area contributed by atoms with E-state index in [1.807, 2.05) is 0 Å².